The average Bonchev–Trinajstić information content (AvgIpc) is 2.87. The van der Waals surface area contributed by atoms with Gasteiger partial charge in [-0.15, -0.1) is 0 Å². The summed E-state index contributed by atoms with van der Waals surface area (Å²) in [5.74, 6) is 1.27. The van der Waals surface area contributed by atoms with E-state index in [0.29, 0.717) is 12.3 Å². The third kappa shape index (κ3) is 5.42. The van der Waals surface area contributed by atoms with Crippen molar-refractivity contribution in [3.05, 3.63) is 47.3 Å². The van der Waals surface area contributed by atoms with Crippen LogP contribution < -0.4 is 10.6 Å². The van der Waals surface area contributed by atoms with E-state index in [4.69, 9.17) is 0 Å². The standard InChI is InChI=1S/C19H29N5OS/c1-14(13-18-15(2)23-24(5)16(18)3)22-19(20-4)21-11-12-26(25)17-9-7-6-8-10-17/h6-10,14H,11-13H2,1-5H3,(H2,20,21,22). The summed E-state index contributed by atoms with van der Waals surface area (Å²) in [6.07, 6.45) is 0.877. The number of hydrogen-bond donors (Lipinski definition) is 2. The van der Waals surface area contributed by atoms with E-state index in [-0.39, 0.29) is 6.04 Å². The van der Waals surface area contributed by atoms with Gasteiger partial charge in [-0.2, -0.15) is 5.10 Å². The van der Waals surface area contributed by atoms with Crippen molar-refractivity contribution in [2.75, 3.05) is 19.3 Å². The maximum atomic E-state index is 12.3. The number of nitrogens with zero attached hydrogens (tertiary/aromatic N) is 3. The molecule has 0 saturated heterocycles. The second-order valence-corrected chi connectivity index (χ2v) is 7.95. The smallest absolute Gasteiger partial charge is 0.191 e. The van der Waals surface area contributed by atoms with Gasteiger partial charge in [0.25, 0.3) is 0 Å². The van der Waals surface area contributed by atoms with E-state index in [1.54, 1.807) is 7.05 Å². The summed E-state index contributed by atoms with van der Waals surface area (Å²) in [6.45, 7) is 6.86. The van der Waals surface area contributed by atoms with Crippen LogP contribution in [0.25, 0.3) is 0 Å². The predicted molar refractivity (Wildman–Crippen MR) is 108 cm³/mol. The fraction of sp³-hybridized carbons (Fsp3) is 0.474. The molecule has 1 aromatic carbocycles. The minimum Gasteiger partial charge on any atom is -0.355 e. The summed E-state index contributed by atoms with van der Waals surface area (Å²) in [4.78, 5) is 5.12. The Labute approximate surface area is 158 Å². The molecule has 0 spiro atoms. The molecule has 2 atom stereocenters. The summed E-state index contributed by atoms with van der Waals surface area (Å²) < 4.78 is 14.2. The van der Waals surface area contributed by atoms with Crippen LogP contribution in [0.5, 0.6) is 0 Å². The van der Waals surface area contributed by atoms with Crippen molar-refractivity contribution in [3.63, 3.8) is 0 Å². The summed E-state index contributed by atoms with van der Waals surface area (Å²) in [7, 11) is 2.71. The molecule has 0 aliphatic rings. The number of nitrogens with one attached hydrogen (secondary N) is 2. The number of rotatable bonds is 7. The van der Waals surface area contributed by atoms with Crippen LogP contribution in [0.15, 0.2) is 40.2 Å². The zero-order valence-corrected chi connectivity index (χ0v) is 17.1. The van der Waals surface area contributed by atoms with Crippen molar-refractivity contribution < 1.29 is 4.21 Å². The van der Waals surface area contributed by atoms with Gasteiger partial charge in [-0.1, -0.05) is 18.2 Å². The minimum atomic E-state index is -1.01. The molecule has 0 radical (unpaired) electrons. The highest BCUT2D eigenvalue weighted by Gasteiger charge is 2.14. The van der Waals surface area contributed by atoms with Gasteiger partial charge in [0.2, 0.25) is 0 Å². The second kappa shape index (κ2) is 9.52. The number of hydrogen-bond acceptors (Lipinski definition) is 3. The fourth-order valence-electron chi connectivity index (χ4n) is 2.85. The number of guanidine groups is 1. The topological polar surface area (TPSA) is 71.3 Å². The summed E-state index contributed by atoms with van der Waals surface area (Å²) in [5.41, 5.74) is 3.53. The molecule has 2 N–H and O–H groups in total. The highest BCUT2D eigenvalue weighted by molar-refractivity contribution is 7.85. The Morgan fingerprint density at radius 2 is 2.00 bits per heavy atom. The molecular weight excluding hydrogens is 346 g/mol. The van der Waals surface area contributed by atoms with Crippen molar-refractivity contribution in [2.45, 2.75) is 38.1 Å². The van der Waals surface area contributed by atoms with Crippen molar-refractivity contribution in [1.29, 1.82) is 0 Å². The second-order valence-electron chi connectivity index (χ2n) is 6.38. The Balaban J connectivity index is 1.82. The summed E-state index contributed by atoms with van der Waals surface area (Å²) in [5, 5.41) is 11.1. The van der Waals surface area contributed by atoms with Crippen molar-refractivity contribution in [1.82, 2.24) is 20.4 Å². The van der Waals surface area contributed by atoms with Gasteiger partial charge in [0.15, 0.2) is 5.96 Å². The molecule has 26 heavy (non-hydrogen) atoms. The first-order chi connectivity index (χ1) is 12.4. The molecular formula is C19H29N5OS. The van der Waals surface area contributed by atoms with E-state index in [1.165, 1.54) is 11.3 Å². The molecule has 1 aromatic heterocycles. The molecule has 2 unspecified atom stereocenters. The molecule has 6 nitrogen and oxygen atoms in total. The number of benzene rings is 1. The van der Waals surface area contributed by atoms with Gasteiger partial charge >= 0.3 is 0 Å². The Bertz CT molecular complexity index is 770. The maximum Gasteiger partial charge on any atom is 0.191 e. The normalized spacial score (nSPS) is 14.1. The Morgan fingerprint density at radius 1 is 1.31 bits per heavy atom. The molecule has 2 aromatic rings. The lowest BCUT2D eigenvalue weighted by molar-refractivity contribution is 0.637. The molecule has 2 rings (SSSR count). The lowest BCUT2D eigenvalue weighted by Crippen LogP contribution is -2.44. The van der Waals surface area contributed by atoms with E-state index in [9.17, 15) is 4.21 Å². The van der Waals surface area contributed by atoms with E-state index < -0.39 is 10.8 Å². The Morgan fingerprint density at radius 3 is 2.58 bits per heavy atom. The van der Waals surface area contributed by atoms with Crippen molar-refractivity contribution >= 4 is 16.8 Å². The summed E-state index contributed by atoms with van der Waals surface area (Å²) >= 11 is 0. The maximum absolute atomic E-state index is 12.3. The van der Waals surface area contributed by atoms with Crippen molar-refractivity contribution in [2.24, 2.45) is 12.0 Å². The first-order valence-corrected chi connectivity index (χ1v) is 10.1. The number of aromatic nitrogens is 2. The Hall–Kier alpha value is -2.15. The highest BCUT2D eigenvalue weighted by atomic mass is 32.2. The molecule has 0 aliphatic heterocycles. The molecule has 1 heterocycles. The van der Waals surface area contributed by atoms with Gasteiger partial charge in [0, 0.05) is 43.0 Å². The fourth-order valence-corrected chi connectivity index (χ4v) is 3.83. The van der Waals surface area contributed by atoms with Crippen molar-refractivity contribution in [3.8, 4) is 0 Å². The molecule has 0 bridgehead atoms. The van der Waals surface area contributed by atoms with E-state index in [0.717, 1.165) is 23.0 Å². The monoisotopic (exact) mass is 375 g/mol. The van der Waals surface area contributed by atoms with Crippen LogP contribution in [-0.2, 0) is 24.3 Å². The van der Waals surface area contributed by atoms with Gasteiger partial charge in [-0.3, -0.25) is 13.9 Å². The van der Waals surface area contributed by atoms with E-state index >= 15 is 0 Å². The van der Waals surface area contributed by atoms with Crippen LogP contribution in [0.3, 0.4) is 0 Å². The first kappa shape index (κ1) is 20.2. The lowest BCUT2D eigenvalue weighted by atomic mass is 10.1. The predicted octanol–water partition coefficient (Wildman–Crippen LogP) is 1.94. The quantitative estimate of drug-likeness (QED) is 0.573. The third-order valence-corrected chi connectivity index (χ3v) is 5.73. The number of aryl methyl sites for hydroxylation is 2. The number of aliphatic imine (C=N–C) groups is 1. The first-order valence-electron chi connectivity index (χ1n) is 8.82. The average molecular weight is 376 g/mol. The van der Waals surface area contributed by atoms with Crippen LogP contribution in [-0.4, -0.2) is 45.3 Å². The largest absolute Gasteiger partial charge is 0.355 e. The molecule has 0 saturated carbocycles. The molecule has 0 amide bonds. The van der Waals surface area contributed by atoms with Gasteiger partial charge in [-0.05, 0) is 44.9 Å². The third-order valence-electron chi connectivity index (χ3n) is 4.36. The van der Waals surface area contributed by atoms with E-state index in [1.807, 2.05) is 49.0 Å². The molecule has 142 valence electrons. The highest BCUT2D eigenvalue weighted by Crippen LogP contribution is 2.14. The zero-order valence-electron chi connectivity index (χ0n) is 16.2. The Kier molecular flexibility index (Phi) is 7.38. The van der Waals surface area contributed by atoms with E-state index in [2.05, 4.69) is 34.6 Å². The minimum absolute atomic E-state index is 0.211. The van der Waals surface area contributed by atoms with Gasteiger partial charge in [0.05, 0.1) is 16.5 Å². The van der Waals surface area contributed by atoms with Gasteiger partial charge in [-0.25, -0.2) is 0 Å². The molecule has 7 heteroatoms. The van der Waals surface area contributed by atoms with Gasteiger partial charge in [0.1, 0.15) is 0 Å². The van der Waals surface area contributed by atoms with Crippen LogP contribution in [0.1, 0.15) is 23.9 Å². The van der Waals surface area contributed by atoms with Crippen LogP contribution in [0, 0.1) is 13.8 Å². The molecule has 0 aliphatic carbocycles. The van der Waals surface area contributed by atoms with Crippen LogP contribution in [0.4, 0.5) is 0 Å². The summed E-state index contributed by atoms with van der Waals surface area (Å²) in [6, 6.07) is 9.74. The van der Waals surface area contributed by atoms with Crippen LogP contribution >= 0.6 is 0 Å². The van der Waals surface area contributed by atoms with Gasteiger partial charge < -0.3 is 10.6 Å². The lowest BCUT2D eigenvalue weighted by Gasteiger charge is -2.18. The zero-order chi connectivity index (χ0) is 19.1. The molecule has 0 fully saturated rings. The van der Waals surface area contributed by atoms with Crippen LogP contribution in [0.2, 0.25) is 0 Å². The SMILES string of the molecule is CN=C(NCCS(=O)c1ccccc1)NC(C)Cc1c(C)nn(C)c1C.